The van der Waals surface area contributed by atoms with Gasteiger partial charge in [-0.15, -0.1) is 0 Å². The summed E-state index contributed by atoms with van der Waals surface area (Å²) in [5.41, 5.74) is 7.58. The Morgan fingerprint density at radius 2 is 1.57 bits per heavy atom. The van der Waals surface area contributed by atoms with Crippen LogP contribution in [0.1, 0.15) is 41.5 Å². The second kappa shape index (κ2) is 7.91. The largest absolute Gasteiger partial charge is 0.372 e. The number of hydrogen-bond acceptors (Lipinski definition) is 3. The second-order valence-corrected chi connectivity index (χ2v) is 9.26. The number of anilines is 2. The van der Waals surface area contributed by atoms with Crippen LogP contribution in [0.25, 0.3) is 0 Å². The van der Waals surface area contributed by atoms with Crippen LogP contribution in [0.2, 0.25) is 0 Å². The predicted molar refractivity (Wildman–Crippen MR) is 131 cm³/mol. The SMILES string of the molecule is Cc1ccc([C@H]2CC(=O)C3=C(C2)Nc2ccccc2N[C@@H]3c2ccccc2I)cc1. The zero-order chi connectivity index (χ0) is 20.7. The van der Waals surface area contributed by atoms with E-state index in [1.807, 2.05) is 24.3 Å². The molecule has 0 radical (unpaired) electrons. The van der Waals surface area contributed by atoms with Gasteiger partial charge in [0.1, 0.15) is 0 Å². The zero-order valence-electron chi connectivity index (χ0n) is 16.8. The van der Waals surface area contributed by atoms with Crippen LogP contribution < -0.4 is 10.6 Å². The van der Waals surface area contributed by atoms with E-state index in [1.165, 1.54) is 11.1 Å². The van der Waals surface area contributed by atoms with Gasteiger partial charge in [-0.25, -0.2) is 0 Å². The molecule has 0 saturated carbocycles. The number of nitrogens with one attached hydrogen (secondary N) is 2. The Labute approximate surface area is 190 Å². The zero-order valence-corrected chi connectivity index (χ0v) is 18.9. The molecule has 5 rings (SSSR count). The average molecular weight is 506 g/mol. The summed E-state index contributed by atoms with van der Waals surface area (Å²) in [4.78, 5) is 13.5. The fourth-order valence-corrected chi connectivity index (χ4v) is 5.21. The molecule has 0 fully saturated rings. The Hall–Kier alpha value is -2.60. The van der Waals surface area contributed by atoms with E-state index in [0.29, 0.717) is 6.42 Å². The molecule has 4 heteroatoms. The number of hydrogen-bond donors (Lipinski definition) is 2. The van der Waals surface area contributed by atoms with Gasteiger partial charge in [0, 0.05) is 21.3 Å². The molecule has 2 aliphatic rings. The summed E-state index contributed by atoms with van der Waals surface area (Å²) < 4.78 is 1.16. The highest BCUT2D eigenvalue weighted by Crippen LogP contribution is 2.44. The van der Waals surface area contributed by atoms with Crippen molar-refractivity contribution in [2.75, 3.05) is 10.6 Å². The van der Waals surface area contributed by atoms with Crippen molar-refractivity contribution in [2.24, 2.45) is 0 Å². The van der Waals surface area contributed by atoms with Gasteiger partial charge in [-0.3, -0.25) is 4.79 Å². The highest BCUT2D eigenvalue weighted by atomic mass is 127. The first-order valence-electron chi connectivity index (χ1n) is 10.3. The van der Waals surface area contributed by atoms with Gasteiger partial charge in [-0.05, 0) is 71.2 Å². The van der Waals surface area contributed by atoms with E-state index in [1.54, 1.807) is 0 Å². The molecule has 1 aliphatic carbocycles. The van der Waals surface area contributed by atoms with E-state index >= 15 is 0 Å². The smallest absolute Gasteiger partial charge is 0.163 e. The maximum Gasteiger partial charge on any atom is 0.163 e. The van der Waals surface area contributed by atoms with Crippen molar-refractivity contribution in [1.82, 2.24) is 0 Å². The molecule has 1 aliphatic heterocycles. The Balaban J connectivity index is 1.62. The molecule has 3 aromatic carbocycles. The third kappa shape index (κ3) is 3.54. The van der Waals surface area contributed by atoms with Crippen LogP contribution in [0.15, 0.2) is 84.1 Å². The fourth-order valence-electron chi connectivity index (χ4n) is 4.51. The number of ketones is 1. The Bertz CT molecular complexity index is 1150. The number of halogens is 1. The van der Waals surface area contributed by atoms with Gasteiger partial charge in [-0.1, -0.05) is 60.2 Å². The Morgan fingerprint density at radius 1 is 0.867 bits per heavy atom. The molecule has 3 aromatic rings. The first kappa shape index (κ1) is 19.4. The van der Waals surface area contributed by atoms with E-state index in [9.17, 15) is 4.79 Å². The quantitative estimate of drug-likeness (QED) is 0.386. The van der Waals surface area contributed by atoms with Crippen molar-refractivity contribution in [2.45, 2.75) is 31.7 Å². The van der Waals surface area contributed by atoms with Gasteiger partial charge >= 0.3 is 0 Å². The maximum absolute atomic E-state index is 13.5. The highest BCUT2D eigenvalue weighted by molar-refractivity contribution is 14.1. The Morgan fingerprint density at radius 3 is 2.33 bits per heavy atom. The van der Waals surface area contributed by atoms with Crippen LogP contribution in [0.3, 0.4) is 0 Å². The third-order valence-corrected chi connectivity index (χ3v) is 7.06. The van der Waals surface area contributed by atoms with Crippen molar-refractivity contribution in [1.29, 1.82) is 0 Å². The summed E-state index contributed by atoms with van der Waals surface area (Å²) in [5.74, 6) is 0.421. The summed E-state index contributed by atoms with van der Waals surface area (Å²) in [6.07, 6.45) is 1.38. The average Bonchev–Trinajstić information content (AvgIpc) is 2.91. The van der Waals surface area contributed by atoms with Crippen LogP contribution >= 0.6 is 22.6 Å². The van der Waals surface area contributed by atoms with Crippen LogP contribution in [0.4, 0.5) is 11.4 Å². The van der Waals surface area contributed by atoms with Gasteiger partial charge in [0.25, 0.3) is 0 Å². The van der Waals surface area contributed by atoms with E-state index in [-0.39, 0.29) is 17.7 Å². The van der Waals surface area contributed by atoms with Crippen molar-refractivity contribution < 1.29 is 4.79 Å². The second-order valence-electron chi connectivity index (χ2n) is 8.10. The van der Waals surface area contributed by atoms with Crippen molar-refractivity contribution in [3.8, 4) is 0 Å². The normalized spacial score (nSPS) is 20.5. The summed E-state index contributed by atoms with van der Waals surface area (Å²) in [6.45, 7) is 2.10. The lowest BCUT2D eigenvalue weighted by molar-refractivity contribution is -0.116. The van der Waals surface area contributed by atoms with Crippen LogP contribution in [0, 0.1) is 10.5 Å². The minimum Gasteiger partial charge on any atom is -0.372 e. The molecule has 150 valence electrons. The maximum atomic E-state index is 13.5. The Kier molecular flexibility index (Phi) is 5.11. The van der Waals surface area contributed by atoms with Crippen LogP contribution in [0.5, 0.6) is 0 Å². The molecule has 0 saturated heterocycles. The molecule has 0 aromatic heterocycles. The molecule has 30 heavy (non-hydrogen) atoms. The van der Waals surface area contributed by atoms with Crippen molar-refractivity contribution in [3.05, 3.63) is 104 Å². The first-order chi connectivity index (χ1) is 14.6. The minimum absolute atomic E-state index is 0.157. The molecular weight excluding hydrogens is 483 g/mol. The van der Waals surface area contributed by atoms with Gasteiger partial charge in [0.05, 0.1) is 17.4 Å². The predicted octanol–water partition coefficient (Wildman–Crippen LogP) is 6.58. The molecule has 2 N–H and O–H groups in total. The molecular formula is C26H23IN2O. The molecule has 1 heterocycles. The number of rotatable bonds is 2. The number of Topliss-reactive ketones (excluding diaryl/α,β-unsaturated/α-hetero) is 1. The van der Waals surface area contributed by atoms with Crippen LogP contribution in [-0.2, 0) is 4.79 Å². The number of aryl methyl sites for hydroxylation is 1. The summed E-state index contributed by atoms with van der Waals surface area (Å²) >= 11 is 2.37. The number of carbonyl (C=O) groups excluding carboxylic acids is 1. The van der Waals surface area contributed by atoms with Crippen molar-refractivity contribution >= 4 is 39.7 Å². The van der Waals surface area contributed by atoms with Gasteiger partial charge in [-0.2, -0.15) is 0 Å². The molecule has 0 spiro atoms. The molecule has 0 bridgehead atoms. The summed E-state index contributed by atoms with van der Waals surface area (Å²) in [5, 5.41) is 7.28. The lowest BCUT2D eigenvalue weighted by atomic mass is 9.78. The summed E-state index contributed by atoms with van der Waals surface area (Å²) in [6, 6.07) is 25.0. The number of para-hydroxylation sites is 2. The lowest BCUT2D eigenvalue weighted by Crippen LogP contribution is -2.27. The monoisotopic (exact) mass is 506 g/mol. The topological polar surface area (TPSA) is 41.1 Å². The molecule has 2 atom stereocenters. The summed E-state index contributed by atoms with van der Waals surface area (Å²) in [7, 11) is 0. The first-order valence-corrected chi connectivity index (χ1v) is 11.4. The number of carbonyl (C=O) groups is 1. The fraction of sp³-hybridized carbons (Fsp3) is 0.192. The van der Waals surface area contributed by atoms with E-state index in [0.717, 1.165) is 38.2 Å². The van der Waals surface area contributed by atoms with Crippen molar-refractivity contribution in [3.63, 3.8) is 0 Å². The van der Waals surface area contributed by atoms with E-state index in [4.69, 9.17) is 0 Å². The van der Waals surface area contributed by atoms with Gasteiger partial charge < -0.3 is 10.6 Å². The van der Waals surface area contributed by atoms with Gasteiger partial charge in [0.2, 0.25) is 0 Å². The lowest BCUT2D eigenvalue weighted by Gasteiger charge is -2.30. The third-order valence-electron chi connectivity index (χ3n) is 6.07. The van der Waals surface area contributed by atoms with E-state index in [2.05, 4.69) is 88.7 Å². The van der Waals surface area contributed by atoms with Crippen LogP contribution in [-0.4, -0.2) is 5.78 Å². The number of benzene rings is 3. The molecule has 0 amide bonds. The van der Waals surface area contributed by atoms with E-state index < -0.39 is 0 Å². The number of allylic oxidation sites excluding steroid dienone is 1. The molecule has 3 nitrogen and oxygen atoms in total. The minimum atomic E-state index is -0.157. The highest BCUT2D eigenvalue weighted by Gasteiger charge is 2.36. The number of fused-ring (bicyclic) bond motifs is 1. The molecule has 0 unspecified atom stereocenters. The standard InChI is InChI=1S/C26H23IN2O/c1-16-10-12-17(13-11-16)18-14-23-25(24(30)15-18)26(19-6-2-3-7-20(19)27)29-22-9-5-4-8-21(22)28-23/h2-13,18,26,28-29H,14-15H2,1H3/t18-,26-/m1/s1. The van der Waals surface area contributed by atoms with Gasteiger partial charge in [0.15, 0.2) is 5.78 Å².